The summed E-state index contributed by atoms with van der Waals surface area (Å²) < 4.78 is 50.3. The molecule has 0 radical (unpaired) electrons. The number of hydrogen-bond donors (Lipinski definition) is 2. The van der Waals surface area contributed by atoms with Crippen molar-refractivity contribution < 1.29 is 38.5 Å². The third-order valence-corrected chi connectivity index (χ3v) is 6.58. The number of unbranched alkanes of at least 4 members (excludes halogenated alkanes) is 1. The fraction of sp³-hybridized carbons (Fsp3) is 0.222. The summed E-state index contributed by atoms with van der Waals surface area (Å²) in [6.07, 6.45) is 2.48. The monoisotopic (exact) mass is 454 g/mol. The summed E-state index contributed by atoms with van der Waals surface area (Å²) in [6, 6.07) is 12.0. The molecule has 0 fully saturated rings. The van der Waals surface area contributed by atoms with E-state index in [9.17, 15) is 27.0 Å². The Hall–Kier alpha value is -2.80. The van der Waals surface area contributed by atoms with Gasteiger partial charge in [-0.2, -0.15) is 25.6 Å². The largest absolute Gasteiger partial charge is 0.858 e. The van der Waals surface area contributed by atoms with Crippen LogP contribution < -0.4 is 21.7 Å². The summed E-state index contributed by atoms with van der Waals surface area (Å²) >= 11 is 0. The smallest absolute Gasteiger partial charge is 0.282 e. The maximum atomic E-state index is 11.1. The summed E-state index contributed by atoms with van der Waals surface area (Å²) in [7, 11) is -7.36. The van der Waals surface area contributed by atoms with E-state index in [0.29, 0.717) is 0 Å². The Bertz CT molecular complexity index is 1080. The van der Waals surface area contributed by atoms with E-state index in [0.717, 1.165) is 13.1 Å². The van der Waals surface area contributed by atoms with Crippen molar-refractivity contribution in [2.75, 3.05) is 13.1 Å². The highest BCUT2D eigenvalue weighted by molar-refractivity contribution is 7.91. The molecule has 2 aromatic carbocycles. The summed E-state index contributed by atoms with van der Waals surface area (Å²) in [5.41, 5.74) is 7.72. The molecule has 0 saturated heterocycles. The predicted molar refractivity (Wildman–Crippen MR) is 105 cm³/mol. The van der Waals surface area contributed by atoms with Crippen LogP contribution in [0.1, 0.15) is 24.0 Å². The van der Waals surface area contributed by atoms with E-state index in [2.05, 4.69) is 20.3 Å². The van der Waals surface area contributed by atoms with Crippen LogP contribution in [-0.4, -0.2) is 41.7 Å². The van der Waals surface area contributed by atoms with Crippen LogP contribution in [0.4, 0.5) is 0 Å². The van der Waals surface area contributed by atoms with Crippen molar-refractivity contribution in [3.05, 3.63) is 59.7 Å². The average molecular weight is 455 g/mol. The number of rotatable bonds is 3. The molecule has 30 heavy (non-hydrogen) atoms. The minimum atomic E-state index is -3.68. The molecule has 12 heteroatoms. The number of benzene rings is 2. The molecule has 0 spiro atoms. The standard InChI is InChI=1S/2C7H5NO3S.C4H12N2/c2*9-7-5-3-1-2-4-6(5)12(10,11)8-7;5-3-1-2-4-6/h2*1-4H,(H,8,9);1-6H2. The molecule has 0 atom stereocenters. The van der Waals surface area contributed by atoms with Gasteiger partial charge in [0.25, 0.3) is 20.0 Å². The fourth-order valence-corrected chi connectivity index (χ4v) is 4.70. The van der Waals surface area contributed by atoms with Crippen molar-refractivity contribution in [1.29, 1.82) is 0 Å². The van der Waals surface area contributed by atoms with Crippen molar-refractivity contribution in [2.24, 2.45) is 8.80 Å². The number of sulfonamides is 2. The van der Waals surface area contributed by atoms with Crippen LogP contribution >= 0.6 is 0 Å². The zero-order chi connectivity index (χ0) is 22.4. The third kappa shape index (κ3) is 5.42. The van der Waals surface area contributed by atoms with Gasteiger partial charge in [-0.1, -0.05) is 36.4 Å². The van der Waals surface area contributed by atoms with Gasteiger partial charge in [0.1, 0.15) is 0 Å². The SMILES string of the molecule is O=S1(=O)N=C([O-])c2ccccc21.O=S1(=O)N=C([O-])c2ccccc21.[NH3+]CCCC[NH3+]. The Kier molecular flexibility index (Phi) is 7.67. The Morgan fingerprint density at radius 1 is 0.667 bits per heavy atom. The van der Waals surface area contributed by atoms with E-state index in [1.54, 1.807) is 24.3 Å². The highest BCUT2D eigenvalue weighted by Gasteiger charge is 2.23. The zero-order valence-corrected chi connectivity index (χ0v) is 17.7. The number of nitrogens with zero attached hydrogens (tertiary/aromatic N) is 2. The molecular formula is C18H22N4O6S2. The first-order valence-corrected chi connectivity index (χ1v) is 11.8. The third-order valence-electron chi connectivity index (χ3n) is 3.95. The van der Waals surface area contributed by atoms with Gasteiger partial charge >= 0.3 is 0 Å². The summed E-state index contributed by atoms with van der Waals surface area (Å²) in [6.45, 7) is 2.13. The van der Waals surface area contributed by atoms with E-state index >= 15 is 0 Å². The zero-order valence-electron chi connectivity index (χ0n) is 16.0. The van der Waals surface area contributed by atoms with E-state index in [1.165, 1.54) is 37.1 Å². The molecule has 2 heterocycles. The highest BCUT2D eigenvalue weighted by Crippen LogP contribution is 2.24. The Labute approximate surface area is 174 Å². The van der Waals surface area contributed by atoms with Gasteiger partial charge in [0, 0.05) is 35.8 Å². The van der Waals surface area contributed by atoms with Gasteiger partial charge in [-0.05, 0) is 12.1 Å². The van der Waals surface area contributed by atoms with E-state index in [-0.39, 0.29) is 20.9 Å². The van der Waals surface area contributed by atoms with Gasteiger partial charge in [0.05, 0.1) is 22.9 Å². The van der Waals surface area contributed by atoms with E-state index in [4.69, 9.17) is 0 Å². The molecule has 2 aliphatic rings. The number of fused-ring (bicyclic) bond motifs is 2. The van der Waals surface area contributed by atoms with Crippen molar-refractivity contribution in [3.63, 3.8) is 0 Å². The summed E-state index contributed by atoms with van der Waals surface area (Å²) in [5, 5.41) is 21.9. The lowest BCUT2D eigenvalue weighted by molar-refractivity contribution is -0.384. The molecule has 0 saturated carbocycles. The van der Waals surface area contributed by atoms with Crippen molar-refractivity contribution in [1.82, 2.24) is 0 Å². The van der Waals surface area contributed by atoms with Crippen LogP contribution in [-0.2, 0) is 20.0 Å². The summed E-state index contributed by atoms with van der Waals surface area (Å²) in [4.78, 5) is 0.0185. The van der Waals surface area contributed by atoms with Gasteiger partial charge in [-0.25, -0.2) is 0 Å². The van der Waals surface area contributed by atoms with Gasteiger partial charge in [-0.15, -0.1) is 0 Å². The molecule has 0 unspecified atom stereocenters. The van der Waals surface area contributed by atoms with Crippen LogP contribution in [0.2, 0.25) is 0 Å². The number of hydrogen-bond acceptors (Lipinski definition) is 6. The molecule has 2 aromatic rings. The fourth-order valence-electron chi connectivity index (χ4n) is 2.51. The second-order valence-electron chi connectivity index (χ2n) is 6.15. The van der Waals surface area contributed by atoms with E-state index < -0.39 is 31.8 Å². The molecule has 0 aromatic heterocycles. The lowest BCUT2D eigenvalue weighted by Gasteiger charge is -2.01. The van der Waals surface area contributed by atoms with Crippen LogP contribution in [0.5, 0.6) is 0 Å². The lowest BCUT2D eigenvalue weighted by atomic mass is 10.2. The minimum absolute atomic E-state index is 0.00926. The molecule has 162 valence electrons. The topological polar surface area (TPSA) is 194 Å². The van der Waals surface area contributed by atoms with Crippen molar-refractivity contribution in [2.45, 2.75) is 22.6 Å². The quantitative estimate of drug-likeness (QED) is 0.471. The Balaban J connectivity index is 0.000000171. The van der Waals surface area contributed by atoms with E-state index in [1.807, 2.05) is 0 Å². The predicted octanol–water partition coefficient (Wildman–Crippen LogP) is -2.76. The Morgan fingerprint density at radius 3 is 1.30 bits per heavy atom. The molecular weight excluding hydrogens is 432 g/mol. The van der Waals surface area contributed by atoms with Gasteiger partial charge in [-0.3, -0.25) is 0 Å². The molecule has 0 bridgehead atoms. The first kappa shape index (κ1) is 23.5. The second kappa shape index (κ2) is 9.80. The first-order chi connectivity index (χ1) is 14.1. The molecule has 0 aliphatic carbocycles. The van der Waals surface area contributed by atoms with Crippen molar-refractivity contribution in [3.8, 4) is 0 Å². The normalized spacial score (nSPS) is 16.6. The molecule has 10 nitrogen and oxygen atoms in total. The molecule has 6 N–H and O–H groups in total. The maximum Gasteiger partial charge on any atom is 0.282 e. The number of quaternary nitrogens is 2. The average Bonchev–Trinajstić information content (AvgIpc) is 3.10. The molecule has 0 amide bonds. The van der Waals surface area contributed by atoms with Gasteiger partial charge in [0.2, 0.25) is 0 Å². The second-order valence-corrected chi connectivity index (χ2v) is 9.29. The highest BCUT2D eigenvalue weighted by atomic mass is 32.2. The van der Waals surface area contributed by atoms with Crippen LogP contribution in [0, 0.1) is 0 Å². The Morgan fingerprint density at radius 2 is 1.00 bits per heavy atom. The first-order valence-electron chi connectivity index (χ1n) is 8.95. The van der Waals surface area contributed by atoms with Gasteiger partial charge in [0.15, 0.2) is 0 Å². The van der Waals surface area contributed by atoms with Crippen LogP contribution in [0.3, 0.4) is 0 Å². The van der Waals surface area contributed by atoms with Crippen LogP contribution in [0.15, 0.2) is 67.1 Å². The summed E-state index contributed by atoms with van der Waals surface area (Å²) in [5.74, 6) is -1.35. The van der Waals surface area contributed by atoms with Gasteiger partial charge < -0.3 is 21.7 Å². The van der Waals surface area contributed by atoms with Crippen molar-refractivity contribution >= 4 is 31.8 Å². The maximum absolute atomic E-state index is 11.1. The molecule has 2 aliphatic heterocycles. The lowest BCUT2D eigenvalue weighted by Crippen LogP contribution is -2.53. The molecule has 4 rings (SSSR count). The minimum Gasteiger partial charge on any atom is -0.858 e. The van der Waals surface area contributed by atoms with Crippen LogP contribution in [0.25, 0.3) is 0 Å².